The standard InChI is InChI=1S/C20H24N4OS/c1-12-9-18(21-14-5-4-8-24(3)11-14)22-23-19(12)15-6-7-17-16(20(15)25)10-13(2)26-17/h6-7,9-10,14,25H,4-5,8,11H2,1-3H3,(H,21,22)/t14-/m0/s1. The molecular weight excluding hydrogens is 344 g/mol. The molecule has 1 saturated heterocycles. The summed E-state index contributed by atoms with van der Waals surface area (Å²) in [6.07, 6.45) is 2.36. The smallest absolute Gasteiger partial charge is 0.149 e. The number of thiophene rings is 1. The molecule has 1 atom stereocenters. The van der Waals surface area contributed by atoms with Crippen LogP contribution >= 0.6 is 11.3 Å². The van der Waals surface area contributed by atoms with Gasteiger partial charge >= 0.3 is 0 Å². The number of aryl methyl sites for hydroxylation is 2. The molecule has 1 aromatic carbocycles. The van der Waals surface area contributed by atoms with Crippen molar-refractivity contribution in [3.63, 3.8) is 0 Å². The van der Waals surface area contributed by atoms with Gasteiger partial charge in [-0.05, 0) is 70.1 Å². The molecule has 6 heteroatoms. The minimum atomic E-state index is 0.291. The van der Waals surface area contributed by atoms with E-state index in [2.05, 4.69) is 34.4 Å². The van der Waals surface area contributed by atoms with Crippen LogP contribution < -0.4 is 5.32 Å². The minimum absolute atomic E-state index is 0.291. The van der Waals surface area contributed by atoms with Crippen LogP contribution in [0.25, 0.3) is 21.3 Å². The molecule has 1 aliphatic heterocycles. The summed E-state index contributed by atoms with van der Waals surface area (Å²) < 4.78 is 1.09. The lowest BCUT2D eigenvalue weighted by atomic mass is 10.0. The average Bonchev–Trinajstić information content (AvgIpc) is 2.98. The number of phenols is 1. The van der Waals surface area contributed by atoms with E-state index >= 15 is 0 Å². The Morgan fingerprint density at radius 3 is 2.85 bits per heavy atom. The van der Waals surface area contributed by atoms with Gasteiger partial charge in [0, 0.05) is 33.1 Å². The van der Waals surface area contributed by atoms with Crippen LogP contribution in [-0.2, 0) is 0 Å². The Morgan fingerprint density at radius 1 is 1.23 bits per heavy atom. The first-order valence-corrected chi connectivity index (χ1v) is 9.85. The van der Waals surface area contributed by atoms with Gasteiger partial charge in [-0.2, -0.15) is 0 Å². The number of phenolic OH excluding ortho intramolecular Hbond substituents is 1. The molecule has 26 heavy (non-hydrogen) atoms. The number of fused-ring (bicyclic) bond motifs is 1. The van der Waals surface area contributed by atoms with E-state index in [9.17, 15) is 5.11 Å². The topological polar surface area (TPSA) is 61.3 Å². The Kier molecular flexibility index (Phi) is 4.54. The van der Waals surface area contributed by atoms with Crippen molar-refractivity contribution >= 4 is 27.2 Å². The second-order valence-electron chi connectivity index (χ2n) is 7.24. The predicted molar refractivity (Wildman–Crippen MR) is 108 cm³/mol. The molecule has 0 amide bonds. The molecule has 0 spiro atoms. The molecule has 1 aliphatic rings. The number of hydrogen-bond acceptors (Lipinski definition) is 6. The fourth-order valence-electron chi connectivity index (χ4n) is 3.73. The van der Waals surface area contributed by atoms with Gasteiger partial charge < -0.3 is 15.3 Å². The van der Waals surface area contributed by atoms with Crippen LogP contribution in [0.1, 0.15) is 23.3 Å². The van der Waals surface area contributed by atoms with Crippen molar-refractivity contribution in [2.45, 2.75) is 32.7 Å². The van der Waals surface area contributed by atoms with Crippen LogP contribution in [-0.4, -0.2) is 46.4 Å². The molecule has 0 bridgehead atoms. The third-order valence-corrected chi connectivity index (χ3v) is 6.03. The summed E-state index contributed by atoms with van der Waals surface area (Å²) in [5.41, 5.74) is 2.48. The van der Waals surface area contributed by atoms with Crippen LogP contribution in [0, 0.1) is 13.8 Å². The Hall–Kier alpha value is -2.18. The van der Waals surface area contributed by atoms with E-state index in [1.807, 2.05) is 31.2 Å². The Morgan fingerprint density at radius 2 is 2.08 bits per heavy atom. The minimum Gasteiger partial charge on any atom is -0.507 e. The van der Waals surface area contributed by atoms with Gasteiger partial charge in [-0.15, -0.1) is 21.5 Å². The number of likely N-dealkylation sites (N-methyl/N-ethyl adjacent to an activating group) is 1. The van der Waals surface area contributed by atoms with Crippen LogP contribution in [0.4, 0.5) is 5.82 Å². The number of benzene rings is 1. The lowest BCUT2D eigenvalue weighted by Gasteiger charge is -2.30. The molecule has 3 aromatic rings. The second kappa shape index (κ2) is 6.85. The zero-order chi connectivity index (χ0) is 18.3. The quantitative estimate of drug-likeness (QED) is 0.726. The van der Waals surface area contributed by atoms with Crippen LogP contribution in [0.2, 0.25) is 0 Å². The van der Waals surface area contributed by atoms with Crippen molar-refractivity contribution in [2.75, 3.05) is 25.5 Å². The summed E-state index contributed by atoms with van der Waals surface area (Å²) in [5, 5.41) is 23.9. The van der Waals surface area contributed by atoms with E-state index in [1.54, 1.807) is 11.3 Å². The van der Waals surface area contributed by atoms with Gasteiger partial charge in [-0.3, -0.25) is 0 Å². The number of nitrogens with zero attached hydrogens (tertiary/aromatic N) is 3. The van der Waals surface area contributed by atoms with E-state index in [0.29, 0.717) is 11.8 Å². The van der Waals surface area contributed by atoms with Gasteiger partial charge in [0.15, 0.2) is 0 Å². The van der Waals surface area contributed by atoms with Crippen molar-refractivity contribution in [2.24, 2.45) is 0 Å². The Balaban J connectivity index is 1.63. The van der Waals surface area contributed by atoms with E-state index in [4.69, 9.17) is 0 Å². The highest BCUT2D eigenvalue weighted by Crippen LogP contribution is 2.39. The molecule has 136 valence electrons. The van der Waals surface area contributed by atoms with Crippen molar-refractivity contribution in [1.29, 1.82) is 0 Å². The van der Waals surface area contributed by atoms with Gasteiger partial charge in [0.25, 0.3) is 0 Å². The monoisotopic (exact) mass is 368 g/mol. The maximum atomic E-state index is 10.7. The van der Waals surface area contributed by atoms with Crippen molar-refractivity contribution in [1.82, 2.24) is 15.1 Å². The summed E-state index contributed by atoms with van der Waals surface area (Å²) >= 11 is 1.69. The van der Waals surface area contributed by atoms with Crippen LogP contribution in [0.15, 0.2) is 24.3 Å². The maximum Gasteiger partial charge on any atom is 0.149 e. The summed E-state index contributed by atoms with van der Waals surface area (Å²) in [7, 11) is 2.15. The Labute approximate surface area is 157 Å². The third-order valence-electron chi connectivity index (χ3n) is 5.01. The molecule has 0 radical (unpaired) electrons. The first-order chi connectivity index (χ1) is 12.5. The SMILES string of the molecule is Cc1cc2c(O)c(-c3nnc(N[C@H]4CCCN(C)C4)cc3C)ccc2s1. The molecular formula is C20H24N4OS. The molecule has 3 heterocycles. The van der Waals surface area contributed by atoms with Gasteiger partial charge in [0.1, 0.15) is 11.6 Å². The lowest BCUT2D eigenvalue weighted by molar-refractivity contribution is 0.260. The molecule has 2 N–H and O–H groups in total. The normalized spacial score (nSPS) is 18.3. The summed E-state index contributed by atoms with van der Waals surface area (Å²) in [6.45, 7) is 6.26. The number of aromatic hydroxyl groups is 1. The number of anilines is 1. The van der Waals surface area contributed by atoms with Crippen LogP contribution in [0.3, 0.4) is 0 Å². The molecule has 1 fully saturated rings. The lowest BCUT2D eigenvalue weighted by Crippen LogP contribution is -2.39. The molecule has 0 aliphatic carbocycles. The Bertz CT molecular complexity index is 952. The second-order valence-corrected chi connectivity index (χ2v) is 8.53. The number of rotatable bonds is 3. The van der Waals surface area contributed by atoms with E-state index in [0.717, 1.165) is 52.2 Å². The highest BCUT2D eigenvalue weighted by atomic mass is 32.1. The average molecular weight is 369 g/mol. The van der Waals surface area contributed by atoms with Crippen molar-refractivity contribution in [3.8, 4) is 17.0 Å². The van der Waals surface area contributed by atoms with E-state index < -0.39 is 0 Å². The summed E-state index contributed by atoms with van der Waals surface area (Å²) in [6, 6.07) is 8.45. The third kappa shape index (κ3) is 3.27. The molecule has 2 aromatic heterocycles. The fraction of sp³-hybridized carbons (Fsp3) is 0.400. The predicted octanol–water partition coefficient (Wildman–Crippen LogP) is 4.19. The zero-order valence-electron chi connectivity index (χ0n) is 15.4. The first-order valence-electron chi connectivity index (χ1n) is 9.03. The number of piperidine rings is 1. The largest absolute Gasteiger partial charge is 0.507 e. The molecule has 4 rings (SSSR count). The van der Waals surface area contributed by atoms with E-state index in [-0.39, 0.29) is 0 Å². The van der Waals surface area contributed by atoms with Gasteiger partial charge in [-0.25, -0.2) is 0 Å². The fourth-order valence-corrected chi connectivity index (χ4v) is 4.66. The van der Waals surface area contributed by atoms with Crippen LogP contribution in [0.5, 0.6) is 5.75 Å². The van der Waals surface area contributed by atoms with Crippen molar-refractivity contribution in [3.05, 3.63) is 34.7 Å². The molecule has 0 unspecified atom stereocenters. The first kappa shape index (κ1) is 17.2. The van der Waals surface area contributed by atoms with Crippen molar-refractivity contribution < 1.29 is 5.11 Å². The zero-order valence-corrected chi connectivity index (χ0v) is 16.2. The van der Waals surface area contributed by atoms with Gasteiger partial charge in [-0.1, -0.05) is 0 Å². The number of aromatic nitrogens is 2. The molecule has 5 nitrogen and oxygen atoms in total. The van der Waals surface area contributed by atoms with Gasteiger partial charge in [0.05, 0.1) is 5.69 Å². The number of likely N-dealkylation sites (tertiary alicyclic amines) is 1. The number of hydrogen-bond donors (Lipinski definition) is 2. The highest BCUT2D eigenvalue weighted by molar-refractivity contribution is 7.19. The summed E-state index contributed by atoms with van der Waals surface area (Å²) in [4.78, 5) is 3.53. The maximum absolute atomic E-state index is 10.7. The molecule has 0 saturated carbocycles. The van der Waals surface area contributed by atoms with Gasteiger partial charge in [0.2, 0.25) is 0 Å². The number of nitrogens with one attached hydrogen (secondary N) is 1. The highest BCUT2D eigenvalue weighted by Gasteiger charge is 2.19. The van der Waals surface area contributed by atoms with E-state index in [1.165, 1.54) is 11.3 Å². The summed E-state index contributed by atoms with van der Waals surface area (Å²) in [5.74, 6) is 1.09.